The van der Waals surface area contributed by atoms with E-state index in [0.29, 0.717) is 5.69 Å². The summed E-state index contributed by atoms with van der Waals surface area (Å²) >= 11 is 0. The Morgan fingerprint density at radius 3 is 2.41 bits per heavy atom. The van der Waals surface area contributed by atoms with E-state index in [2.05, 4.69) is 5.32 Å². The summed E-state index contributed by atoms with van der Waals surface area (Å²) in [7, 11) is -0.482. The first-order valence-corrected chi connectivity index (χ1v) is 12.4. The molecule has 1 heterocycles. The van der Waals surface area contributed by atoms with E-state index in [9.17, 15) is 18.0 Å². The average Bonchev–Trinajstić information content (AvgIpc) is 2.85. The number of methoxy groups -OCH3 is 2. The molecule has 0 aromatic heterocycles. The number of sulfone groups is 1. The molecule has 1 N–H and O–H groups in total. The lowest BCUT2D eigenvalue weighted by molar-refractivity contribution is -0.118. The zero-order valence-corrected chi connectivity index (χ0v) is 19.7. The molecule has 0 aliphatic carbocycles. The van der Waals surface area contributed by atoms with Crippen LogP contribution in [0, 0.1) is 5.92 Å². The van der Waals surface area contributed by atoms with E-state index in [4.69, 9.17) is 9.47 Å². The van der Waals surface area contributed by atoms with Crippen LogP contribution in [0.2, 0.25) is 0 Å². The molecule has 7 nitrogen and oxygen atoms in total. The Hall–Kier alpha value is -3.65. The third-order valence-corrected chi connectivity index (χ3v) is 7.70. The second-order valence-corrected chi connectivity index (χ2v) is 10.1. The molecule has 0 fully saturated rings. The molecule has 1 atom stereocenters. The van der Waals surface area contributed by atoms with Crippen LogP contribution < -0.4 is 14.8 Å². The van der Waals surface area contributed by atoms with Crippen LogP contribution >= 0.6 is 0 Å². The summed E-state index contributed by atoms with van der Waals surface area (Å²) in [5.74, 6) is -1.42. The van der Waals surface area contributed by atoms with Crippen molar-refractivity contribution in [2.75, 3.05) is 25.3 Å². The van der Waals surface area contributed by atoms with Gasteiger partial charge in [0.25, 0.3) is 0 Å². The normalized spacial score (nSPS) is 16.4. The SMILES string of the molecule is COc1ccc(CCc2ccc(NC(=O)C3CS(=O)(=O)c4ccccc4C3=O)cc2)c(OC)c1. The lowest BCUT2D eigenvalue weighted by Crippen LogP contribution is -2.39. The Labute approximate surface area is 198 Å². The molecule has 1 unspecified atom stereocenters. The smallest absolute Gasteiger partial charge is 0.236 e. The molecular formula is C26H25NO6S. The monoisotopic (exact) mass is 479 g/mol. The highest BCUT2D eigenvalue weighted by atomic mass is 32.2. The van der Waals surface area contributed by atoms with E-state index < -0.39 is 33.2 Å². The van der Waals surface area contributed by atoms with Gasteiger partial charge in [-0.2, -0.15) is 0 Å². The molecule has 0 radical (unpaired) electrons. The fourth-order valence-corrected chi connectivity index (χ4v) is 5.74. The number of hydrogen-bond acceptors (Lipinski definition) is 6. The minimum atomic E-state index is -3.71. The summed E-state index contributed by atoms with van der Waals surface area (Å²) < 4.78 is 35.8. The predicted octanol–water partition coefficient (Wildman–Crippen LogP) is 3.71. The van der Waals surface area contributed by atoms with Gasteiger partial charge in [0.15, 0.2) is 15.6 Å². The lowest BCUT2D eigenvalue weighted by Gasteiger charge is -2.22. The number of anilines is 1. The first-order valence-electron chi connectivity index (χ1n) is 10.8. The van der Waals surface area contributed by atoms with Crippen LogP contribution in [0.4, 0.5) is 5.69 Å². The van der Waals surface area contributed by atoms with E-state index in [1.54, 1.807) is 38.5 Å². The molecule has 1 aliphatic rings. The van der Waals surface area contributed by atoms with Gasteiger partial charge >= 0.3 is 0 Å². The molecule has 0 saturated heterocycles. The number of fused-ring (bicyclic) bond motifs is 1. The van der Waals surface area contributed by atoms with Crippen molar-refractivity contribution < 1.29 is 27.5 Å². The molecule has 4 rings (SSSR count). The summed E-state index contributed by atoms with van der Waals surface area (Å²) in [4.78, 5) is 25.5. The van der Waals surface area contributed by atoms with Crippen molar-refractivity contribution in [3.63, 3.8) is 0 Å². The molecule has 0 saturated carbocycles. The number of Topliss-reactive ketones (excluding diaryl/α,β-unsaturated/α-hetero) is 1. The van der Waals surface area contributed by atoms with Gasteiger partial charge in [-0.15, -0.1) is 0 Å². The number of ether oxygens (including phenoxy) is 2. The molecule has 1 aliphatic heterocycles. The zero-order valence-electron chi connectivity index (χ0n) is 18.9. The zero-order chi connectivity index (χ0) is 24.3. The van der Waals surface area contributed by atoms with E-state index in [0.717, 1.165) is 35.5 Å². The predicted molar refractivity (Wildman–Crippen MR) is 128 cm³/mol. The number of carbonyl (C=O) groups is 2. The van der Waals surface area contributed by atoms with Gasteiger partial charge in [-0.25, -0.2) is 8.42 Å². The summed E-state index contributed by atoms with van der Waals surface area (Å²) in [6, 6.07) is 19.0. The third-order valence-electron chi connectivity index (χ3n) is 5.91. The van der Waals surface area contributed by atoms with E-state index in [1.165, 1.54) is 12.1 Å². The van der Waals surface area contributed by atoms with Crippen molar-refractivity contribution in [2.24, 2.45) is 5.92 Å². The van der Waals surface area contributed by atoms with Crippen molar-refractivity contribution in [3.05, 3.63) is 83.4 Å². The van der Waals surface area contributed by atoms with Crippen LogP contribution in [-0.4, -0.2) is 40.1 Å². The fraction of sp³-hybridized carbons (Fsp3) is 0.231. The van der Waals surface area contributed by atoms with Crippen LogP contribution in [0.15, 0.2) is 71.6 Å². The molecule has 8 heteroatoms. The number of ketones is 1. The fourth-order valence-electron chi connectivity index (χ4n) is 4.03. The van der Waals surface area contributed by atoms with Gasteiger partial charge < -0.3 is 14.8 Å². The summed E-state index contributed by atoms with van der Waals surface area (Å²) in [6.07, 6.45) is 1.51. The van der Waals surface area contributed by atoms with Gasteiger partial charge in [0, 0.05) is 17.3 Å². The van der Waals surface area contributed by atoms with Gasteiger partial charge in [-0.1, -0.05) is 36.4 Å². The standard InChI is InChI=1S/C26H25NO6S/c1-32-20-14-11-18(23(15-20)33-2)10-7-17-8-12-19(13-9-17)27-26(29)22-16-34(30,31)24-6-4-3-5-21(24)25(22)28/h3-6,8-9,11-15,22H,7,10,16H2,1-2H3,(H,27,29). The maximum Gasteiger partial charge on any atom is 0.236 e. The quantitative estimate of drug-likeness (QED) is 0.519. The summed E-state index contributed by atoms with van der Waals surface area (Å²) in [6.45, 7) is 0. The number of amides is 1. The minimum Gasteiger partial charge on any atom is -0.497 e. The van der Waals surface area contributed by atoms with Gasteiger partial charge in [-0.05, 0) is 48.2 Å². The summed E-state index contributed by atoms with van der Waals surface area (Å²) in [5.41, 5.74) is 2.68. The van der Waals surface area contributed by atoms with Crippen molar-refractivity contribution >= 4 is 27.2 Å². The van der Waals surface area contributed by atoms with Gasteiger partial charge in [0.1, 0.15) is 17.4 Å². The number of aryl methyl sites for hydroxylation is 2. The van der Waals surface area contributed by atoms with Gasteiger partial charge in [-0.3, -0.25) is 9.59 Å². The van der Waals surface area contributed by atoms with E-state index in [1.807, 2.05) is 30.3 Å². The summed E-state index contributed by atoms with van der Waals surface area (Å²) in [5, 5.41) is 2.68. The van der Waals surface area contributed by atoms with E-state index >= 15 is 0 Å². The third kappa shape index (κ3) is 4.82. The number of nitrogens with one attached hydrogen (secondary N) is 1. The van der Waals surface area contributed by atoms with Crippen LogP contribution in [0.25, 0.3) is 0 Å². The molecule has 0 spiro atoms. The first-order chi connectivity index (χ1) is 16.3. The minimum absolute atomic E-state index is 0.0121. The highest BCUT2D eigenvalue weighted by Crippen LogP contribution is 2.29. The van der Waals surface area contributed by atoms with Gasteiger partial charge in [0.2, 0.25) is 5.91 Å². The van der Waals surface area contributed by atoms with Crippen molar-refractivity contribution in [3.8, 4) is 11.5 Å². The van der Waals surface area contributed by atoms with Crippen LogP contribution in [0.1, 0.15) is 21.5 Å². The Bertz CT molecular complexity index is 1330. The molecule has 3 aromatic carbocycles. The van der Waals surface area contributed by atoms with Crippen LogP contribution in [-0.2, 0) is 27.5 Å². The van der Waals surface area contributed by atoms with Crippen LogP contribution in [0.3, 0.4) is 0 Å². The molecule has 0 bridgehead atoms. The Morgan fingerprint density at radius 2 is 1.71 bits per heavy atom. The highest BCUT2D eigenvalue weighted by molar-refractivity contribution is 7.91. The Balaban J connectivity index is 1.41. The van der Waals surface area contributed by atoms with Crippen molar-refractivity contribution in [1.29, 1.82) is 0 Å². The Morgan fingerprint density at radius 1 is 0.971 bits per heavy atom. The van der Waals surface area contributed by atoms with Crippen LogP contribution in [0.5, 0.6) is 11.5 Å². The number of benzene rings is 3. The number of rotatable bonds is 7. The highest BCUT2D eigenvalue weighted by Gasteiger charge is 2.40. The lowest BCUT2D eigenvalue weighted by atomic mass is 9.97. The molecule has 3 aromatic rings. The topological polar surface area (TPSA) is 98.8 Å². The molecule has 34 heavy (non-hydrogen) atoms. The first kappa shape index (κ1) is 23.5. The maximum absolute atomic E-state index is 12.8. The molecule has 1 amide bonds. The molecular weight excluding hydrogens is 454 g/mol. The number of hydrogen-bond donors (Lipinski definition) is 1. The Kier molecular flexibility index (Phi) is 6.70. The van der Waals surface area contributed by atoms with Crippen molar-refractivity contribution in [1.82, 2.24) is 0 Å². The maximum atomic E-state index is 12.8. The second kappa shape index (κ2) is 9.69. The molecule has 176 valence electrons. The van der Waals surface area contributed by atoms with Crippen molar-refractivity contribution in [2.45, 2.75) is 17.7 Å². The largest absolute Gasteiger partial charge is 0.497 e. The van der Waals surface area contributed by atoms with Gasteiger partial charge in [0.05, 0.1) is 24.9 Å². The second-order valence-electron chi connectivity index (χ2n) is 8.06. The average molecular weight is 480 g/mol. The van der Waals surface area contributed by atoms with E-state index in [-0.39, 0.29) is 10.5 Å². The number of carbonyl (C=O) groups excluding carboxylic acids is 2.